The Morgan fingerprint density at radius 1 is 1.12 bits per heavy atom. The largest absolute Gasteiger partial charge is 0.440 e. The fourth-order valence-electron chi connectivity index (χ4n) is 2.85. The molecule has 6 heteroatoms. The standard InChI is InChI=1S/C20H20N2O3S/c1-14-4-3-5-17(12-14)22(2)26(23,24)18-10-8-15(9-11-18)19-13-21-20(25-19)16-6-7-16/h3-5,8-13,16H,6-7H2,1-2H3. The topological polar surface area (TPSA) is 63.4 Å². The van der Waals surface area contributed by atoms with Gasteiger partial charge in [-0.1, -0.05) is 12.1 Å². The molecule has 5 nitrogen and oxygen atoms in total. The zero-order valence-electron chi connectivity index (χ0n) is 14.7. The Labute approximate surface area is 153 Å². The fourth-order valence-corrected chi connectivity index (χ4v) is 4.04. The molecule has 1 aliphatic carbocycles. The van der Waals surface area contributed by atoms with Gasteiger partial charge in [-0.15, -0.1) is 0 Å². The minimum atomic E-state index is -3.62. The molecule has 4 rings (SSSR count). The quantitative estimate of drug-likeness (QED) is 0.671. The highest BCUT2D eigenvalue weighted by molar-refractivity contribution is 7.92. The Kier molecular flexibility index (Phi) is 4.07. The predicted octanol–water partition coefficient (Wildman–Crippen LogP) is 4.35. The second kappa shape index (κ2) is 6.29. The van der Waals surface area contributed by atoms with E-state index in [0.29, 0.717) is 17.4 Å². The third-order valence-corrected chi connectivity index (χ3v) is 6.41. The summed E-state index contributed by atoms with van der Waals surface area (Å²) in [7, 11) is -2.05. The smallest absolute Gasteiger partial charge is 0.264 e. The van der Waals surface area contributed by atoms with Crippen LogP contribution in [-0.2, 0) is 10.0 Å². The van der Waals surface area contributed by atoms with Crippen molar-refractivity contribution in [3.63, 3.8) is 0 Å². The van der Waals surface area contributed by atoms with Crippen molar-refractivity contribution in [2.75, 3.05) is 11.4 Å². The summed E-state index contributed by atoms with van der Waals surface area (Å²) in [6.07, 6.45) is 3.96. The van der Waals surface area contributed by atoms with Crippen LogP contribution in [0.4, 0.5) is 5.69 Å². The summed E-state index contributed by atoms with van der Waals surface area (Å²) in [6, 6.07) is 14.1. The molecule has 0 atom stereocenters. The zero-order valence-corrected chi connectivity index (χ0v) is 15.5. The number of sulfonamides is 1. The van der Waals surface area contributed by atoms with Crippen molar-refractivity contribution in [1.29, 1.82) is 0 Å². The molecule has 1 fully saturated rings. The number of hydrogen-bond donors (Lipinski definition) is 0. The molecule has 1 aliphatic rings. The van der Waals surface area contributed by atoms with Gasteiger partial charge < -0.3 is 4.42 Å². The van der Waals surface area contributed by atoms with Crippen molar-refractivity contribution in [1.82, 2.24) is 4.98 Å². The zero-order chi connectivity index (χ0) is 18.3. The third-order valence-electron chi connectivity index (χ3n) is 4.61. The van der Waals surface area contributed by atoms with E-state index in [1.165, 1.54) is 4.31 Å². The summed E-state index contributed by atoms with van der Waals surface area (Å²) in [5, 5.41) is 0. The molecule has 26 heavy (non-hydrogen) atoms. The lowest BCUT2D eigenvalue weighted by Gasteiger charge is -2.20. The SMILES string of the molecule is Cc1cccc(N(C)S(=O)(=O)c2ccc(-c3cnc(C4CC4)o3)cc2)c1. The van der Waals surface area contributed by atoms with Crippen molar-refractivity contribution in [3.05, 3.63) is 66.2 Å². The summed E-state index contributed by atoms with van der Waals surface area (Å²) in [4.78, 5) is 4.55. The highest BCUT2D eigenvalue weighted by atomic mass is 32.2. The first-order valence-electron chi connectivity index (χ1n) is 8.57. The Bertz CT molecular complexity index is 1030. The minimum Gasteiger partial charge on any atom is -0.440 e. The third kappa shape index (κ3) is 3.12. The van der Waals surface area contributed by atoms with Crippen LogP contribution in [0.5, 0.6) is 0 Å². The van der Waals surface area contributed by atoms with Gasteiger partial charge in [-0.3, -0.25) is 4.31 Å². The lowest BCUT2D eigenvalue weighted by molar-refractivity contribution is 0.509. The lowest BCUT2D eigenvalue weighted by Crippen LogP contribution is -2.26. The van der Waals surface area contributed by atoms with E-state index >= 15 is 0 Å². The molecule has 0 aliphatic heterocycles. The first kappa shape index (κ1) is 16.8. The van der Waals surface area contributed by atoms with Crippen LogP contribution in [0, 0.1) is 6.92 Å². The molecule has 0 unspecified atom stereocenters. The van der Waals surface area contributed by atoms with Gasteiger partial charge in [0.1, 0.15) is 0 Å². The number of anilines is 1. The summed E-state index contributed by atoms with van der Waals surface area (Å²) >= 11 is 0. The van der Waals surface area contributed by atoms with Crippen LogP contribution in [0.3, 0.4) is 0 Å². The Morgan fingerprint density at radius 3 is 2.50 bits per heavy atom. The molecule has 0 spiro atoms. The number of aryl methyl sites for hydroxylation is 1. The number of oxazole rings is 1. The Hall–Kier alpha value is -2.60. The van der Waals surface area contributed by atoms with Crippen molar-refractivity contribution >= 4 is 15.7 Å². The van der Waals surface area contributed by atoms with Crippen LogP contribution in [-0.4, -0.2) is 20.4 Å². The Balaban J connectivity index is 1.60. The van der Waals surface area contributed by atoms with Gasteiger partial charge in [0.05, 0.1) is 16.8 Å². The van der Waals surface area contributed by atoms with E-state index < -0.39 is 10.0 Å². The van der Waals surface area contributed by atoms with E-state index in [1.54, 1.807) is 43.6 Å². The molecule has 1 saturated carbocycles. The summed E-state index contributed by atoms with van der Waals surface area (Å²) in [5.74, 6) is 1.89. The molecule has 0 N–H and O–H groups in total. The van der Waals surface area contributed by atoms with E-state index in [1.807, 2.05) is 25.1 Å². The van der Waals surface area contributed by atoms with Crippen molar-refractivity contribution in [3.8, 4) is 11.3 Å². The summed E-state index contributed by atoms with van der Waals surface area (Å²) in [5.41, 5.74) is 2.47. The predicted molar refractivity (Wildman–Crippen MR) is 101 cm³/mol. The molecular formula is C20H20N2O3S. The summed E-state index contributed by atoms with van der Waals surface area (Å²) in [6.45, 7) is 1.94. The molecule has 134 valence electrons. The maximum Gasteiger partial charge on any atom is 0.264 e. The van der Waals surface area contributed by atoms with Gasteiger partial charge in [0, 0.05) is 18.5 Å². The van der Waals surface area contributed by atoms with Gasteiger partial charge in [0.25, 0.3) is 10.0 Å². The monoisotopic (exact) mass is 368 g/mol. The van der Waals surface area contributed by atoms with Crippen LogP contribution >= 0.6 is 0 Å². The van der Waals surface area contributed by atoms with E-state index in [4.69, 9.17) is 4.42 Å². The maximum atomic E-state index is 12.9. The number of rotatable bonds is 5. The first-order valence-corrected chi connectivity index (χ1v) is 10.0. The molecule has 2 aromatic carbocycles. The number of nitrogens with zero attached hydrogens (tertiary/aromatic N) is 2. The number of benzene rings is 2. The van der Waals surface area contributed by atoms with Gasteiger partial charge >= 0.3 is 0 Å². The average molecular weight is 368 g/mol. The molecule has 0 saturated heterocycles. The average Bonchev–Trinajstić information content (AvgIpc) is 3.38. The molecular weight excluding hydrogens is 348 g/mol. The second-order valence-electron chi connectivity index (χ2n) is 6.67. The van der Waals surface area contributed by atoms with Crippen LogP contribution in [0.2, 0.25) is 0 Å². The fraction of sp³-hybridized carbons (Fsp3) is 0.250. The van der Waals surface area contributed by atoms with Crippen LogP contribution in [0.15, 0.2) is 64.0 Å². The molecule has 0 radical (unpaired) electrons. The van der Waals surface area contributed by atoms with E-state index in [0.717, 1.165) is 29.9 Å². The van der Waals surface area contributed by atoms with Crippen LogP contribution < -0.4 is 4.31 Å². The molecule has 0 bridgehead atoms. The Morgan fingerprint density at radius 2 is 1.85 bits per heavy atom. The van der Waals surface area contributed by atoms with Gasteiger partial charge in [-0.25, -0.2) is 13.4 Å². The molecule has 0 amide bonds. The van der Waals surface area contributed by atoms with Crippen molar-refractivity contribution in [2.24, 2.45) is 0 Å². The summed E-state index contributed by atoms with van der Waals surface area (Å²) < 4.78 is 32.8. The van der Waals surface area contributed by atoms with Crippen molar-refractivity contribution in [2.45, 2.75) is 30.6 Å². The van der Waals surface area contributed by atoms with Crippen LogP contribution in [0.1, 0.15) is 30.2 Å². The number of hydrogen-bond acceptors (Lipinski definition) is 4. The van der Waals surface area contributed by atoms with Gasteiger partial charge in [0.2, 0.25) is 0 Å². The highest BCUT2D eigenvalue weighted by Crippen LogP contribution is 2.40. The second-order valence-corrected chi connectivity index (χ2v) is 8.64. The van der Waals surface area contributed by atoms with E-state index in [9.17, 15) is 8.42 Å². The van der Waals surface area contributed by atoms with E-state index in [-0.39, 0.29) is 4.90 Å². The van der Waals surface area contributed by atoms with Gasteiger partial charge in [-0.05, 0) is 61.7 Å². The lowest BCUT2D eigenvalue weighted by atomic mass is 10.2. The normalized spacial score (nSPS) is 14.4. The highest BCUT2D eigenvalue weighted by Gasteiger charge is 2.28. The first-order chi connectivity index (χ1) is 12.4. The van der Waals surface area contributed by atoms with Crippen molar-refractivity contribution < 1.29 is 12.8 Å². The van der Waals surface area contributed by atoms with Gasteiger partial charge in [0.15, 0.2) is 11.7 Å². The van der Waals surface area contributed by atoms with Crippen LogP contribution in [0.25, 0.3) is 11.3 Å². The van der Waals surface area contributed by atoms with E-state index in [2.05, 4.69) is 4.98 Å². The molecule has 1 heterocycles. The molecule has 1 aromatic heterocycles. The molecule has 3 aromatic rings. The maximum absolute atomic E-state index is 12.9. The minimum absolute atomic E-state index is 0.243. The van der Waals surface area contributed by atoms with Gasteiger partial charge in [-0.2, -0.15) is 0 Å². The number of aromatic nitrogens is 1.